The molecule has 7 heteroatoms. The van der Waals surface area contributed by atoms with E-state index in [1.807, 2.05) is 44.2 Å². The van der Waals surface area contributed by atoms with Crippen LogP contribution in [0.25, 0.3) is 10.2 Å². The molecule has 0 saturated heterocycles. The molecule has 2 amide bonds. The highest BCUT2D eigenvalue weighted by atomic mass is 32.1. The molecule has 0 bridgehead atoms. The minimum Gasteiger partial charge on any atom is -0.481 e. The van der Waals surface area contributed by atoms with E-state index in [0.29, 0.717) is 22.1 Å². The molecule has 0 spiro atoms. The van der Waals surface area contributed by atoms with Crippen LogP contribution in [-0.4, -0.2) is 22.9 Å². The van der Waals surface area contributed by atoms with Crippen LogP contribution in [0.2, 0.25) is 0 Å². The van der Waals surface area contributed by atoms with Gasteiger partial charge >= 0.3 is 0 Å². The number of nitrogens with one attached hydrogen (secondary N) is 2. The topological polar surface area (TPSA) is 80.3 Å². The summed E-state index contributed by atoms with van der Waals surface area (Å²) in [5.41, 5.74) is 1.34. The molecule has 0 aliphatic carbocycles. The van der Waals surface area contributed by atoms with Gasteiger partial charge in [0.05, 0.1) is 10.2 Å². The second-order valence-corrected chi connectivity index (χ2v) is 7.44. The van der Waals surface area contributed by atoms with Crippen LogP contribution in [0.1, 0.15) is 20.8 Å². The molecule has 0 radical (unpaired) electrons. The summed E-state index contributed by atoms with van der Waals surface area (Å²) in [7, 11) is 0. The number of fused-ring (bicyclic) bond motifs is 1. The van der Waals surface area contributed by atoms with Crippen molar-refractivity contribution in [3.63, 3.8) is 0 Å². The SMILES string of the molecule is CC(C)C(=O)Nc1nc2cc(NC(=O)[C@@H](C)Oc3ccccc3)ccc2s1. The molecule has 3 aromatic rings. The van der Waals surface area contributed by atoms with Crippen molar-refractivity contribution in [1.29, 1.82) is 0 Å². The van der Waals surface area contributed by atoms with Crippen LogP contribution in [0.5, 0.6) is 5.75 Å². The third kappa shape index (κ3) is 4.83. The summed E-state index contributed by atoms with van der Waals surface area (Å²) in [5.74, 6) is 0.204. The Kier molecular flexibility index (Phi) is 5.71. The molecule has 2 N–H and O–H groups in total. The first kappa shape index (κ1) is 18.8. The van der Waals surface area contributed by atoms with Gasteiger partial charge in [0.15, 0.2) is 11.2 Å². The number of nitrogens with zero attached hydrogens (tertiary/aromatic N) is 1. The lowest BCUT2D eigenvalue weighted by atomic mass is 10.2. The zero-order chi connectivity index (χ0) is 19.4. The van der Waals surface area contributed by atoms with Gasteiger partial charge in [-0.2, -0.15) is 0 Å². The maximum atomic E-state index is 12.4. The highest BCUT2D eigenvalue weighted by Crippen LogP contribution is 2.28. The number of hydrogen-bond donors (Lipinski definition) is 2. The van der Waals surface area contributed by atoms with Crippen molar-refractivity contribution in [3.05, 3.63) is 48.5 Å². The molecule has 6 nitrogen and oxygen atoms in total. The summed E-state index contributed by atoms with van der Waals surface area (Å²) in [6.45, 7) is 5.35. The molecule has 0 saturated carbocycles. The van der Waals surface area contributed by atoms with Gasteiger partial charge in [0.1, 0.15) is 5.75 Å². The van der Waals surface area contributed by atoms with Crippen LogP contribution in [0.3, 0.4) is 0 Å². The third-order valence-electron chi connectivity index (χ3n) is 3.83. The van der Waals surface area contributed by atoms with Gasteiger partial charge in [-0.3, -0.25) is 9.59 Å². The fourth-order valence-electron chi connectivity index (χ4n) is 2.31. The number of anilines is 2. The van der Waals surface area contributed by atoms with Gasteiger partial charge in [-0.05, 0) is 37.3 Å². The summed E-state index contributed by atoms with van der Waals surface area (Å²) in [6, 6.07) is 14.7. The summed E-state index contributed by atoms with van der Waals surface area (Å²) >= 11 is 1.40. The van der Waals surface area contributed by atoms with Crippen LogP contribution in [0.15, 0.2) is 48.5 Å². The molecule has 1 atom stereocenters. The van der Waals surface area contributed by atoms with Crippen molar-refractivity contribution >= 4 is 44.2 Å². The van der Waals surface area contributed by atoms with Crippen molar-refractivity contribution in [2.45, 2.75) is 26.9 Å². The summed E-state index contributed by atoms with van der Waals surface area (Å²) in [4.78, 5) is 28.6. The van der Waals surface area contributed by atoms with E-state index in [-0.39, 0.29) is 17.7 Å². The molecule has 0 fully saturated rings. The molecule has 27 heavy (non-hydrogen) atoms. The molecule has 0 aliphatic rings. The first-order valence-corrected chi connectivity index (χ1v) is 9.48. The molecule has 0 unspecified atom stereocenters. The Morgan fingerprint density at radius 1 is 1.00 bits per heavy atom. The number of aromatic nitrogens is 1. The average molecular weight is 383 g/mol. The fraction of sp³-hybridized carbons (Fsp3) is 0.250. The number of carbonyl (C=O) groups is 2. The third-order valence-corrected chi connectivity index (χ3v) is 4.79. The summed E-state index contributed by atoms with van der Waals surface area (Å²) < 4.78 is 6.56. The van der Waals surface area contributed by atoms with Crippen LogP contribution in [-0.2, 0) is 9.59 Å². The standard InChI is InChI=1S/C20H21N3O3S/c1-12(2)18(24)23-20-22-16-11-14(9-10-17(16)27-20)21-19(25)13(3)26-15-7-5-4-6-8-15/h4-13H,1-3H3,(H,21,25)(H,22,23,24)/t13-/m1/s1. The van der Waals surface area contributed by atoms with Crippen molar-refractivity contribution in [2.75, 3.05) is 10.6 Å². The van der Waals surface area contributed by atoms with Crippen molar-refractivity contribution in [1.82, 2.24) is 4.98 Å². The maximum Gasteiger partial charge on any atom is 0.265 e. The Labute approximate surface area is 161 Å². The number of ether oxygens (including phenoxy) is 1. The first-order valence-electron chi connectivity index (χ1n) is 8.66. The number of thiazole rings is 1. The minimum atomic E-state index is -0.639. The summed E-state index contributed by atoms with van der Waals surface area (Å²) in [5, 5.41) is 6.18. The Hall–Kier alpha value is -2.93. The molecule has 1 aromatic heterocycles. The molecule has 140 valence electrons. The van der Waals surface area contributed by atoms with Gasteiger partial charge < -0.3 is 15.4 Å². The second kappa shape index (κ2) is 8.18. The number of carbonyl (C=O) groups excluding carboxylic acids is 2. The van der Waals surface area contributed by atoms with E-state index in [0.717, 1.165) is 4.70 Å². The fourth-order valence-corrected chi connectivity index (χ4v) is 3.16. The van der Waals surface area contributed by atoms with Crippen molar-refractivity contribution in [3.8, 4) is 5.75 Å². The first-order chi connectivity index (χ1) is 12.9. The Balaban J connectivity index is 1.67. The number of para-hydroxylation sites is 1. The van der Waals surface area contributed by atoms with Crippen LogP contribution in [0, 0.1) is 5.92 Å². The summed E-state index contributed by atoms with van der Waals surface area (Å²) in [6.07, 6.45) is -0.639. The van der Waals surface area contributed by atoms with Crippen LogP contribution >= 0.6 is 11.3 Å². The van der Waals surface area contributed by atoms with E-state index >= 15 is 0 Å². The van der Waals surface area contributed by atoms with E-state index in [4.69, 9.17) is 4.74 Å². The van der Waals surface area contributed by atoms with Gasteiger partial charge in [-0.1, -0.05) is 43.4 Å². The highest BCUT2D eigenvalue weighted by Gasteiger charge is 2.16. The Morgan fingerprint density at radius 3 is 2.44 bits per heavy atom. The lowest BCUT2D eigenvalue weighted by Gasteiger charge is -2.14. The van der Waals surface area contributed by atoms with E-state index < -0.39 is 6.10 Å². The van der Waals surface area contributed by atoms with Crippen molar-refractivity contribution in [2.24, 2.45) is 5.92 Å². The molecule has 2 aromatic carbocycles. The largest absolute Gasteiger partial charge is 0.481 e. The molecule has 3 rings (SSSR count). The Bertz CT molecular complexity index is 954. The van der Waals surface area contributed by atoms with Gasteiger partial charge in [0.2, 0.25) is 5.91 Å². The van der Waals surface area contributed by atoms with Gasteiger partial charge in [0.25, 0.3) is 5.91 Å². The molecule has 1 heterocycles. The van der Waals surface area contributed by atoms with Gasteiger partial charge in [-0.25, -0.2) is 4.98 Å². The zero-order valence-corrected chi connectivity index (χ0v) is 16.2. The van der Waals surface area contributed by atoms with Crippen molar-refractivity contribution < 1.29 is 14.3 Å². The quantitative estimate of drug-likeness (QED) is 0.665. The van der Waals surface area contributed by atoms with Crippen LogP contribution in [0.4, 0.5) is 10.8 Å². The maximum absolute atomic E-state index is 12.4. The van der Waals surface area contributed by atoms with E-state index in [1.165, 1.54) is 11.3 Å². The Morgan fingerprint density at radius 2 is 1.74 bits per heavy atom. The second-order valence-electron chi connectivity index (χ2n) is 6.41. The number of amides is 2. The molecular weight excluding hydrogens is 362 g/mol. The highest BCUT2D eigenvalue weighted by molar-refractivity contribution is 7.22. The predicted molar refractivity (Wildman–Crippen MR) is 108 cm³/mol. The van der Waals surface area contributed by atoms with E-state index in [1.54, 1.807) is 25.1 Å². The van der Waals surface area contributed by atoms with E-state index in [9.17, 15) is 9.59 Å². The number of rotatable bonds is 6. The number of benzene rings is 2. The minimum absolute atomic E-state index is 0.0746. The monoisotopic (exact) mass is 383 g/mol. The lowest BCUT2D eigenvalue weighted by Crippen LogP contribution is -2.30. The molecule has 0 aliphatic heterocycles. The van der Waals surface area contributed by atoms with Crippen LogP contribution < -0.4 is 15.4 Å². The van der Waals surface area contributed by atoms with E-state index in [2.05, 4.69) is 15.6 Å². The zero-order valence-electron chi connectivity index (χ0n) is 15.4. The average Bonchev–Trinajstić information content (AvgIpc) is 3.03. The molecular formula is C20H21N3O3S. The van der Waals surface area contributed by atoms with Gasteiger partial charge in [-0.15, -0.1) is 0 Å². The smallest absolute Gasteiger partial charge is 0.265 e. The normalized spacial score (nSPS) is 12.0. The predicted octanol–water partition coefficient (Wildman–Crippen LogP) is 4.30. The number of hydrogen-bond acceptors (Lipinski definition) is 5. The van der Waals surface area contributed by atoms with Gasteiger partial charge in [0, 0.05) is 11.6 Å². The lowest BCUT2D eigenvalue weighted by molar-refractivity contribution is -0.122.